The van der Waals surface area contributed by atoms with Crippen LogP contribution in [0.15, 0.2) is 12.1 Å². The number of aromatic nitrogens is 1. The zero-order valence-corrected chi connectivity index (χ0v) is 12.9. The number of nitriles is 1. The fraction of sp³-hybridized carbons (Fsp3) is 0.538. The van der Waals surface area contributed by atoms with E-state index in [4.69, 9.17) is 5.26 Å². The molecule has 0 spiro atoms. The lowest BCUT2D eigenvalue weighted by atomic mass is 10.1. The third kappa shape index (κ3) is 5.91. The van der Waals surface area contributed by atoms with E-state index in [1.54, 1.807) is 0 Å². The van der Waals surface area contributed by atoms with E-state index in [1.807, 2.05) is 20.8 Å². The maximum absolute atomic E-state index is 12.7. The van der Waals surface area contributed by atoms with E-state index in [9.17, 15) is 18.3 Å². The number of pyridine rings is 1. The summed E-state index contributed by atoms with van der Waals surface area (Å²) in [5.41, 5.74) is -2.22. The number of halogens is 3. The fourth-order valence-electron chi connectivity index (χ4n) is 1.47. The minimum absolute atomic E-state index is 0. The third-order valence-electron chi connectivity index (χ3n) is 2.47. The first-order valence-corrected chi connectivity index (χ1v) is 5.96. The van der Waals surface area contributed by atoms with Crippen molar-refractivity contribution in [2.75, 3.05) is 6.54 Å². The molecule has 118 valence electrons. The summed E-state index contributed by atoms with van der Waals surface area (Å²) in [6.45, 7) is 5.67. The van der Waals surface area contributed by atoms with Crippen molar-refractivity contribution in [1.82, 2.24) is 10.3 Å². The number of nitrogens with zero attached hydrogens (tertiary/aromatic N) is 2. The van der Waals surface area contributed by atoms with E-state index < -0.39 is 23.5 Å². The molecular weight excluding hydrogens is 303 g/mol. The number of aliphatic hydroxyl groups excluding tert-OH is 1. The molecule has 4 nitrogen and oxygen atoms in total. The standard InChI is InChI=1S/C13H16F3N3O.H2S/c1-12(2,3)18-7-10(20)9-5-4-8(6-17)11(19-9)13(14,15)16;/h4-5,10,18,20H,7H2,1-3H3;1H2/t10-;/m0./s1. The van der Waals surface area contributed by atoms with Gasteiger partial charge in [-0.05, 0) is 32.9 Å². The van der Waals surface area contributed by atoms with Gasteiger partial charge >= 0.3 is 6.18 Å². The summed E-state index contributed by atoms with van der Waals surface area (Å²) in [7, 11) is 0. The van der Waals surface area contributed by atoms with Crippen molar-refractivity contribution >= 4 is 13.5 Å². The summed E-state index contributed by atoms with van der Waals surface area (Å²) < 4.78 is 38.2. The monoisotopic (exact) mass is 321 g/mol. The molecule has 0 aliphatic rings. The smallest absolute Gasteiger partial charge is 0.385 e. The molecule has 1 atom stereocenters. The Kier molecular flexibility index (Phi) is 6.67. The van der Waals surface area contributed by atoms with Crippen LogP contribution in [-0.4, -0.2) is 22.2 Å². The van der Waals surface area contributed by atoms with Crippen molar-refractivity contribution in [2.24, 2.45) is 0 Å². The largest absolute Gasteiger partial charge is 0.434 e. The van der Waals surface area contributed by atoms with Crippen LogP contribution < -0.4 is 5.32 Å². The number of hydrogen-bond donors (Lipinski definition) is 2. The highest BCUT2D eigenvalue weighted by Gasteiger charge is 2.36. The van der Waals surface area contributed by atoms with Crippen LogP contribution in [0.4, 0.5) is 13.2 Å². The van der Waals surface area contributed by atoms with Crippen molar-refractivity contribution in [3.63, 3.8) is 0 Å². The molecule has 1 aromatic heterocycles. The van der Waals surface area contributed by atoms with E-state index in [-0.39, 0.29) is 31.3 Å². The van der Waals surface area contributed by atoms with Gasteiger partial charge in [0.15, 0.2) is 5.69 Å². The summed E-state index contributed by atoms with van der Waals surface area (Å²) in [4.78, 5) is 3.38. The van der Waals surface area contributed by atoms with Gasteiger partial charge in [0.2, 0.25) is 0 Å². The molecule has 0 saturated carbocycles. The number of β-amino-alcohol motifs (C(OH)–C–C–N with tert-alkyl or cyclic N) is 1. The normalized spacial score (nSPS) is 13.2. The van der Waals surface area contributed by atoms with Crippen molar-refractivity contribution in [2.45, 2.75) is 38.6 Å². The fourth-order valence-corrected chi connectivity index (χ4v) is 1.47. The minimum atomic E-state index is -4.72. The Labute approximate surface area is 128 Å². The Balaban J connectivity index is 0.00000400. The van der Waals surface area contributed by atoms with Gasteiger partial charge in [-0.15, -0.1) is 0 Å². The van der Waals surface area contributed by atoms with Crippen LogP contribution in [0.5, 0.6) is 0 Å². The van der Waals surface area contributed by atoms with E-state index >= 15 is 0 Å². The van der Waals surface area contributed by atoms with Gasteiger partial charge in [0.1, 0.15) is 12.2 Å². The highest BCUT2D eigenvalue weighted by atomic mass is 32.1. The van der Waals surface area contributed by atoms with Crippen molar-refractivity contribution < 1.29 is 18.3 Å². The third-order valence-corrected chi connectivity index (χ3v) is 2.47. The first-order valence-electron chi connectivity index (χ1n) is 5.96. The lowest BCUT2D eigenvalue weighted by Gasteiger charge is -2.23. The van der Waals surface area contributed by atoms with E-state index in [0.717, 1.165) is 6.07 Å². The van der Waals surface area contributed by atoms with Crippen LogP contribution in [0, 0.1) is 11.3 Å². The lowest BCUT2D eigenvalue weighted by Crippen LogP contribution is -2.38. The van der Waals surface area contributed by atoms with E-state index in [0.29, 0.717) is 0 Å². The maximum Gasteiger partial charge on any atom is 0.434 e. The number of rotatable bonds is 3. The first kappa shape index (κ1) is 19.7. The molecular formula is C13H18F3N3OS. The molecule has 0 aromatic carbocycles. The van der Waals surface area contributed by atoms with Gasteiger partial charge in [-0.1, -0.05) is 0 Å². The number of hydrogen-bond acceptors (Lipinski definition) is 4. The number of aliphatic hydroxyl groups is 1. The van der Waals surface area contributed by atoms with Gasteiger partial charge in [0.05, 0.1) is 11.3 Å². The van der Waals surface area contributed by atoms with Gasteiger partial charge in [0, 0.05) is 12.1 Å². The van der Waals surface area contributed by atoms with Crippen LogP contribution in [-0.2, 0) is 6.18 Å². The topological polar surface area (TPSA) is 68.9 Å². The van der Waals surface area contributed by atoms with Crippen LogP contribution in [0.3, 0.4) is 0 Å². The van der Waals surface area contributed by atoms with E-state index in [1.165, 1.54) is 12.1 Å². The van der Waals surface area contributed by atoms with Crippen molar-refractivity contribution in [3.05, 3.63) is 29.1 Å². The molecule has 2 N–H and O–H groups in total. The average Bonchev–Trinajstić information content (AvgIpc) is 2.33. The summed E-state index contributed by atoms with van der Waals surface area (Å²) in [5, 5.41) is 21.5. The van der Waals surface area contributed by atoms with Crippen LogP contribution in [0.1, 0.15) is 43.8 Å². The second-order valence-electron chi connectivity index (χ2n) is 5.39. The molecule has 0 aliphatic carbocycles. The summed E-state index contributed by atoms with van der Waals surface area (Å²) in [6.07, 6.45) is -5.90. The van der Waals surface area contributed by atoms with Gasteiger partial charge < -0.3 is 10.4 Å². The zero-order chi connectivity index (χ0) is 15.6. The molecule has 0 unspecified atom stereocenters. The summed E-state index contributed by atoms with van der Waals surface area (Å²) in [6, 6.07) is 3.69. The van der Waals surface area contributed by atoms with Crippen molar-refractivity contribution in [3.8, 4) is 6.07 Å². The van der Waals surface area contributed by atoms with Crippen LogP contribution >= 0.6 is 13.5 Å². The van der Waals surface area contributed by atoms with Crippen LogP contribution in [0.25, 0.3) is 0 Å². The molecule has 21 heavy (non-hydrogen) atoms. The number of nitrogens with one attached hydrogen (secondary N) is 1. The van der Waals surface area contributed by atoms with Crippen molar-refractivity contribution in [1.29, 1.82) is 5.26 Å². The first-order chi connectivity index (χ1) is 9.04. The highest BCUT2D eigenvalue weighted by Crippen LogP contribution is 2.31. The van der Waals surface area contributed by atoms with Gasteiger partial charge in [0.25, 0.3) is 0 Å². The average molecular weight is 321 g/mol. The SMILES string of the molecule is CC(C)(C)NC[C@H](O)c1ccc(C#N)c(C(F)(F)F)n1.S. The summed E-state index contributed by atoms with van der Waals surface area (Å²) >= 11 is 0. The van der Waals surface area contributed by atoms with Crippen LogP contribution in [0.2, 0.25) is 0 Å². The predicted octanol–water partition coefficient (Wildman–Crippen LogP) is 2.51. The Hall–Kier alpha value is -1.30. The Morgan fingerprint density at radius 1 is 1.33 bits per heavy atom. The molecule has 0 fully saturated rings. The Bertz CT molecular complexity index is 521. The molecule has 8 heteroatoms. The molecule has 0 aliphatic heterocycles. The highest BCUT2D eigenvalue weighted by molar-refractivity contribution is 7.59. The van der Waals surface area contributed by atoms with Gasteiger partial charge in [-0.25, -0.2) is 4.98 Å². The summed E-state index contributed by atoms with van der Waals surface area (Å²) in [5.74, 6) is 0. The minimum Gasteiger partial charge on any atom is -0.385 e. The molecule has 1 heterocycles. The Morgan fingerprint density at radius 3 is 2.33 bits per heavy atom. The molecule has 1 rings (SSSR count). The van der Waals surface area contributed by atoms with E-state index in [2.05, 4.69) is 10.3 Å². The molecule has 1 aromatic rings. The molecule has 0 saturated heterocycles. The molecule has 0 amide bonds. The van der Waals surface area contributed by atoms with Gasteiger partial charge in [-0.3, -0.25) is 0 Å². The molecule has 0 radical (unpaired) electrons. The molecule has 0 bridgehead atoms. The predicted molar refractivity (Wildman–Crippen MR) is 77.1 cm³/mol. The van der Waals surface area contributed by atoms with Gasteiger partial charge in [-0.2, -0.15) is 31.9 Å². The zero-order valence-electron chi connectivity index (χ0n) is 11.9. The second kappa shape index (κ2) is 7.11. The second-order valence-corrected chi connectivity index (χ2v) is 5.39. The number of alkyl halides is 3. The lowest BCUT2D eigenvalue weighted by molar-refractivity contribution is -0.141. The maximum atomic E-state index is 12.7. The Morgan fingerprint density at radius 2 is 1.90 bits per heavy atom. The quantitative estimate of drug-likeness (QED) is 0.897.